The fraction of sp³-hybridized carbons (Fsp3) is 0.0435. The Hall–Kier alpha value is -4.26. The molecule has 7 heteroatoms. The SMILES string of the molecule is COc1ccccc1/C=C/C(=O)c1ccc(OC(=O)c2cccc([N+](=O)[O-])c2)cc1. The second-order valence-electron chi connectivity index (χ2n) is 6.16. The van der Waals surface area contributed by atoms with Crippen LogP contribution in [0.1, 0.15) is 26.3 Å². The van der Waals surface area contributed by atoms with Crippen molar-refractivity contribution in [3.05, 3.63) is 106 Å². The van der Waals surface area contributed by atoms with Gasteiger partial charge in [0.1, 0.15) is 11.5 Å². The molecule has 3 rings (SSSR count). The van der Waals surface area contributed by atoms with Gasteiger partial charge in [-0.3, -0.25) is 14.9 Å². The number of nitro groups is 1. The third-order valence-electron chi connectivity index (χ3n) is 4.20. The highest BCUT2D eigenvalue weighted by Gasteiger charge is 2.14. The van der Waals surface area contributed by atoms with Crippen LogP contribution in [0, 0.1) is 10.1 Å². The lowest BCUT2D eigenvalue weighted by atomic mass is 10.1. The maximum Gasteiger partial charge on any atom is 0.343 e. The zero-order valence-electron chi connectivity index (χ0n) is 16.0. The molecular formula is C23H17NO6. The van der Waals surface area contributed by atoms with Gasteiger partial charge in [0.05, 0.1) is 17.6 Å². The minimum Gasteiger partial charge on any atom is -0.496 e. The van der Waals surface area contributed by atoms with Crippen LogP contribution < -0.4 is 9.47 Å². The number of nitro benzene ring substituents is 1. The molecule has 0 saturated heterocycles. The number of allylic oxidation sites excluding steroid dienone is 1. The first kappa shape index (κ1) is 20.5. The molecule has 0 radical (unpaired) electrons. The van der Waals surface area contributed by atoms with E-state index >= 15 is 0 Å². The molecule has 0 heterocycles. The third-order valence-corrected chi connectivity index (χ3v) is 4.20. The predicted octanol–water partition coefficient (Wildman–Crippen LogP) is 4.72. The second-order valence-corrected chi connectivity index (χ2v) is 6.16. The van der Waals surface area contributed by atoms with E-state index in [4.69, 9.17) is 9.47 Å². The van der Waals surface area contributed by atoms with E-state index in [1.165, 1.54) is 48.5 Å². The highest BCUT2D eigenvalue weighted by atomic mass is 16.6. The molecular weight excluding hydrogens is 386 g/mol. The van der Waals surface area contributed by atoms with Gasteiger partial charge < -0.3 is 9.47 Å². The highest BCUT2D eigenvalue weighted by Crippen LogP contribution is 2.20. The van der Waals surface area contributed by atoms with E-state index in [1.54, 1.807) is 19.3 Å². The monoisotopic (exact) mass is 403 g/mol. The van der Waals surface area contributed by atoms with Crippen LogP contribution in [0.4, 0.5) is 5.69 Å². The first-order valence-electron chi connectivity index (χ1n) is 8.90. The lowest BCUT2D eigenvalue weighted by molar-refractivity contribution is -0.384. The van der Waals surface area contributed by atoms with Crippen molar-refractivity contribution in [2.24, 2.45) is 0 Å². The van der Waals surface area contributed by atoms with Gasteiger partial charge in [-0.15, -0.1) is 0 Å². The van der Waals surface area contributed by atoms with E-state index in [9.17, 15) is 19.7 Å². The predicted molar refractivity (Wildman–Crippen MR) is 111 cm³/mol. The Morgan fingerprint density at radius 3 is 2.37 bits per heavy atom. The summed E-state index contributed by atoms with van der Waals surface area (Å²) in [6.45, 7) is 0. The Morgan fingerprint density at radius 1 is 0.933 bits per heavy atom. The molecule has 0 unspecified atom stereocenters. The number of esters is 1. The number of ether oxygens (including phenoxy) is 2. The Balaban J connectivity index is 1.68. The lowest BCUT2D eigenvalue weighted by Gasteiger charge is -2.05. The standard InChI is InChI=1S/C23H17NO6/c1-29-22-8-3-2-5-17(22)11-14-21(25)16-9-12-20(13-10-16)30-23(26)18-6-4-7-19(15-18)24(27)28/h2-15H,1H3/b14-11+. The van der Waals surface area contributed by atoms with E-state index in [1.807, 2.05) is 18.2 Å². The van der Waals surface area contributed by atoms with Gasteiger partial charge in [0.15, 0.2) is 5.78 Å². The molecule has 0 aliphatic rings. The Bertz CT molecular complexity index is 1120. The Kier molecular flexibility index (Phi) is 6.34. The number of methoxy groups -OCH3 is 1. The van der Waals surface area contributed by atoms with E-state index in [0.717, 1.165) is 11.6 Å². The molecule has 0 aromatic heterocycles. The van der Waals surface area contributed by atoms with Gasteiger partial charge in [0, 0.05) is 23.3 Å². The number of rotatable bonds is 7. The minimum atomic E-state index is -0.728. The highest BCUT2D eigenvalue weighted by molar-refractivity contribution is 6.07. The number of nitrogens with zero attached hydrogens (tertiary/aromatic N) is 1. The summed E-state index contributed by atoms with van der Waals surface area (Å²) in [5, 5.41) is 10.8. The fourth-order valence-corrected chi connectivity index (χ4v) is 2.67. The molecule has 0 aliphatic carbocycles. The van der Waals surface area contributed by atoms with Gasteiger partial charge in [0.25, 0.3) is 5.69 Å². The first-order valence-corrected chi connectivity index (χ1v) is 8.90. The first-order chi connectivity index (χ1) is 14.5. The van der Waals surface area contributed by atoms with Crippen molar-refractivity contribution in [3.63, 3.8) is 0 Å². The number of ketones is 1. The maximum atomic E-state index is 12.4. The van der Waals surface area contributed by atoms with E-state index in [2.05, 4.69) is 0 Å². The van der Waals surface area contributed by atoms with Gasteiger partial charge in [0.2, 0.25) is 0 Å². The van der Waals surface area contributed by atoms with Crippen molar-refractivity contribution in [2.45, 2.75) is 0 Å². The molecule has 3 aromatic rings. The molecule has 3 aromatic carbocycles. The van der Waals surface area contributed by atoms with Crippen molar-refractivity contribution >= 4 is 23.5 Å². The number of hydrogen-bond donors (Lipinski definition) is 0. The van der Waals surface area contributed by atoms with Gasteiger partial charge in [-0.2, -0.15) is 0 Å². The summed E-state index contributed by atoms with van der Waals surface area (Å²) in [6.07, 6.45) is 3.10. The fourth-order valence-electron chi connectivity index (χ4n) is 2.67. The van der Waals surface area contributed by atoms with Gasteiger partial charge in [-0.25, -0.2) is 4.79 Å². The van der Waals surface area contributed by atoms with Gasteiger partial charge in [-0.05, 0) is 48.6 Å². The molecule has 0 spiro atoms. The summed E-state index contributed by atoms with van der Waals surface area (Å²) >= 11 is 0. The lowest BCUT2D eigenvalue weighted by Crippen LogP contribution is -2.09. The summed E-state index contributed by atoms with van der Waals surface area (Å²) in [5.41, 5.74) is 1.04. The maximum absolute atomic E-state index is 12.4. The topological polar surface area (TPSA) is 95.7 Å². The average molecular weight is 403 g/mol. The zero-order chi connectivity index (χ0) is 21.5. The molecule has 150 valence electrons. The van der Waals surface area contributed by atoms with Crippen LogP contribution in [0.25, 0.3) is 6.08 Å². The van der Waals surface area contributed by atoms with Crippen LogP contribution in [0.3, 0.4) is 0 Å². The van der Waals surface area contributed by atoms with E-state index in [-0.39, 0.29) is 22.8 Å². The molecule has 0 atom stereocenters. The summed E-state index contributed by atoms with van der Waals surface area (Å²) in [7, 11) is 1.56. The van der Waals surface area contributed by atoms with E-state index < -0.39 is 10.9 Å². The number of non-ortho nitro benzene ring substituents is 1. The molecule has 0 fully saturated rings. The minimum absolute atomic E-state index is 0.0593. The van der Waals surface area contributed by atoms with E-state index in [0.29, 0.717) is 11.3 Å². The quantitative estimate of drug-likeness (QED) is 0.141. The van der Waals surface area contributed by atoms with Crippen molar-refractivity contribution in [2.75, 3.05) is 7.11 Å². The molecule has 30 heavy (non-hydrogen) atoms. The number of benzene rings is 3. The van der Waals surface area contributed by atoms with Gasteiger partial charge >= 0.3 is 5.97 Å². The summed E-state index contributed by atoms with van der Waals surface area (Å²) in [5.74, 6) is -0.0759. The zero-order valence-corrected chi connectivity index (χ0v) is 16.0. The van der Waals surface area contributed by atoms with Crippen LogP contribution in [-0.4, -0.2) is 23.8 Å². The number of carbonyl (C=O) groups excluding carboxylic acids is 2. The Morgan fingerprint density at radius 2 is 1.67 bits per heavy atom. The molecule has 7 nitrogen and oxygen atoms in total. The number of para-hydroxylation sites is 1. The second kappa shape index (κ2) is 9.29. The Labute approximate surface area is 172 Å². The largest absolute Gasteiger partial charge is 0.496 e. The van der Waals surface area contributed by atoms with Gasteiger partial charge in [-0.1, -0.05) is 24.3 Å². The smallest absolute Gasteiger partial charge is 0.343 e. The van der Waals surface area contributed by atoms with Crippen molar-refractivity contribution in [1.82, 2.24) is 0 Å². The third kappa shape index (κ3) is 4.96. The van der Waals surface area contributed by atoms with Crippen molar-refractivity contribution < 1.29 is 24.0 Å². The summed E-state index contributed by atoms with van der Waals surface area (Å²) in [6, 6.07) is 18.6. The molecule has 0 aliphatic heterocycles. The van der Waals surface area contributed by atoms with Crippen molar-refractivity contribution in [3.8, 4) is 11.5 Å². The number of hydrogen-bond acceptors (Lipinski definition) is 6. The molecule has 0 saturated carbocycles. The average Bonchev–Trinajstić information content (AvgIpc) is 2.78. The van der Waals surface area contributed by atoms with Crippen molar-refractivity contribution in [1.29, 1.82) is 0 Å². The normalized spacial score (nSPS) is 10.6. The molecule has 0 bridgehead atoms. The summed E-state index contributed by atoms with van der Waals surface area (Å²) in [4.78, 5) is 34.8. The summed E-state index contributed by atoms with van der Waals surface area (Å²) < 4.78 is 10.5. The van der Waals surface area contributed by atoms with Crippen LogP contribution in [0.2, 0.25) is 0 Å². The van der Waals surface area contributed by atoms with Crippen LogP contribution in [0.5, 0.6) is 11.5 Å². The number of carbonyl (C=O) groups is 2. The molecule has 0 N–H and O–H groups in total. The van der Waals surface area contributed by atoms with Crippen LogP contribution >= 0.6 is 0 Å². The molecule has 0 amide bonds. The van der Waals surface area contributed by atoms with Crippen LogP contribution in [-0.2, 0) is 0 Å². The van der Waals surface area contributed by atoms with Crippen LogP contribution in [0.15, 0.2) is 78.9 Å².